The Hall–Kier alpha value is -1.21. The number of halogens is 1. The quantitative estimate of drug-likeness (QED) is 0.842. The van der Waals surface area contributed by atoms with Gasteiger partial charge in [0, 0.05) is 16.6 Å². The van der Waals surface area contributed by atoms with E-state index in [0.29, 0.717) is 0 Å². The van der Waals surface area contributed by atoms with Crippen LogP contribution in [0.3, 0.4) is 0 Å². The average molecular weight is 323 g/mol. The van der Waals surface area contributed by atoms with Gasteiger partial charge < -0.3 is 10.1 Å². The Labute approximate surface area is 123 Å². The first-order chi connectivity index (χ1) is 9.24. The second-order valence-electron chi connectivity index (χ2n) is 4.97. The Morgan fingerprint density at radius 3 is 2.84 bits per heavy atom. The lowest BCUT2D eigenvalue weighted by Gasteiger charge is -2.23. The van der Waals surface area contributed by atoms with E-state index in [1.54, 1.807) is 7.11 Å². The minimum atomic E-state index is 0.0978. The molecule has 0 radical (unpaired) electrons. The summed E-state index contributed by atoms with van der Waals surface area (Å²) in [5, 5.41) is 12.8. The number of methoxy groups -OCH3 is 1. The summed E-state index contributed by atoms with van der Waals surface area (Å²) >= 11 is 3.55. The molecular formula is C15H19BrN2O. The van der Waals surface area contributed by atoms with Crippen LogP contribution >= 0.6 is 15.9 Å². The molecule has 0 amide bonds. The van der Waals surface area contributed by atoms with E-state index < -0.39 is 0 Å². The third-order valence-corrected chi connectivity index (χ3v) is 4.39. The van der Waals surface area contributed by atoms with Crippen LogP contribution in [-0.4, -0.2) is 13.2 Å². The lowest BCUT2D eigenvalue weighted by atomic mass is 9.96. The first kappa shape index (κ1) is 14.2. The first-order valence-electron chi connectivity index (χ1n) is 6.74. The van der Waals surface area contributed by atoms with Crippen molar-refractivity contribution in [3.8, 4) is 11.8 Å². The molecule has 19 heavy (non-hydrogen) atoms. The van der Waals surface area contributed by atoms with Crippen molar-refractivity contribution in [3.05, 3.63) is 22.7 Å². The number of anilines is 1. The van der Waals surface area contributed by atoms with Crippen LogP contribution in [0.15, 0.2) is 22.7 Å². The highest BCUT2D eigenvalue weighted by Crippen LogP contribution is 2.31. The number of rotatable bonds is 3. The Morgan fingerprint density at radius 2 is 2.11 bits per heavy atom. The minimum absolute atomic E-state index is 0.0978. The molecule has 1 N–H and O–H groups in total. The van der Waals surface area contributed by atoms with E-state index in [1.807, 2.05) is 18.2 Å². The average Bonchev–Trinajstić information content (AvgIpc) is 2.66. The molecular weight excluding hydrogens is 304 g/mol. The van der Waals surface area contributed by atoms with E-state index in [4.69, 9.17) is 4.74 Å². The summed E-state index contributed by atoms with van der Waals surface area (Å²) in [5.74, 6) is 0.924. The summed E-state index contributed by atoms with van der Waals surface area (Å²) in [6.07, 6.45) is 5.64. The Balaban J connectivity index is 2.16. The van der Waals surface area contributed by atoms with Gasteiger partial charge in [-0.3, -0.25) is 0 Å². The van der Waals surface area contributed by atoms with Crippen molar-refractivity contribution < 1.29 is 4.74 Å². The van der Waals surface area contributed by atoms with Gasteiger partial charge in [-0.15, -0.1) is 0 Å². The van der Waals surface area contributed by atoms with Crippen LogP contribution in [0.5, 0.6) is 5.75 Å². The smallest absolute Gasteiger partial charge is 0.121 e. The fourth-order valence-electron chi connectivity index (χ4n) is 2.58. The van der Waals surface area contributed by atoms with Crippen LogP contribution in [0.1, 0.15) is 32.1 Å². The van der Waals surface area contributed by atoms with Gasteiger partial charge in [0.1, 0.15) is 5.75 Å². The molecule has 2 atom stereocenters. The van der Waals surface area contributed by atoms with Crippen molar-refractivity contribution in [1.29, 1.82) is 5.26 Å². The molecule has 0 bridgehead atoms. The molecule has 1 saturated carbocycles. The lowest BCUT2D eigenvalue weighted by molar-refractivity contribution is 0.414. The molecule has 1 aliphatic carbocycles. The topological polar surface area (TPSA) is 45.0 Å². The Kier molecular flexibility index (Phi) is 5.09. The molecule has 0 aromatic heterocycles. The largest absolute Gasteiger partial charge is 0.497 e. The van der Waals surface area contributed by atoms with Gasteiger partial charge >= 0.3 is 0 Å². The third-order valence-electron chi connectivity index (χ3n) is 3.70. The standard InChI is InChI=1S/C15H19BrN2O/c1-19-12-7-8-13(16)15(9-12)18-14-6-4-2-3-5-11(14)10-17/h7-9,11,14,18H,2-6H2,1H3. The molecule has 1 aliphatic rings. The predicted molar refractivity (Wildman–Crippen MR) is 80.3 cm³/mol. The van der Waals surface area contributed by atoms with Crippen LogP contribution in [-0.2, 0) is 0 Å². The maximum Gasteiger partial charge on any atom is 0.121 e. The number of hydrogen-bond donors (Lipinski definition) is 1. The van der Waals surface area contributed by atoms with E-state index in [2.05, 4.69) is 27.3 Å². The van der Waals surface area contributed by atoms with Gasteiger partial charge in [0.05, 0.1) is 24.8 Å². The highest BCUT2D eigenvalue weighted by Gasteiger charge is 2.23. The number of hydrogen-bond acceptors (Lipinski definition) is 3. The second-order valence-corrected chi connectivity index (χ2v) is 5.82. The van der Waals surface area contributed by atoms with Gasteiger partial charge in [-0.25, -0.2) is 0 Å². The number of nitrogens with zero attached hydrogens (tertiary/aromatic N) is 1. The van der Waals surface area contributed by atoms with Crippen LogP contribution in [0.4, 0.5) is 5.69 Å². The number of nitriles is 1. The van der Waals surface area contributed by atoms with Gasteiger partial charge in [0.25, 0.3) is 0 Å². The normalized spacial score (nSPS) is 23.2. The lowest BCUT2D eigenvalue weighted by Crippen LogP contribution is -2.27. The van der Waals surface area contributed by atoms with Gasteiger partial charge in [-0.05, 0) is 40.9 Å². The highest BCUT2D eigenvalue weighted by molar-refractivity contribution is 9.10. The maximum absolute atomic E-state index is 9.31. The number of benzene rings is 1. The van der Waals surface area contributed by atoms with Crippen LogP contribution in [0, 0.1) is 17.2 Å². The Bertz CT molecular complexity index is 470. The fraction of sp³-hybridized carbons (Fsp3) is 0.533. The summed E-state index contributed by atoms with van der Waals surface area (Å²) < 4.78 is 6.26. The zero-order valence-electron chi connectivity index (χ0n) is 11.2. The van der Waals surface area contributed by atoms with Crippen molar-refractivity contribution in [2.45, 2.75) is 38.1 Å². The molecule has 0 spiro atoms. The Morgan fingerprint density at radius 1 is 1.32 bits per heavy atom. The zero-order valence-corrected chi connectivity index (χ0v) is 12.7. The molecule has 3 nitrogen and oxygen atoms in total. The number of nitrogens with one attached hydrogen (secondary N) is 1. The summed E-state index contributed by atoms with van der Waals surface area (Å²) in [4.78, 5) is 0. The maximum atomic E-state index is 9.31. The fourth-order valence-corrected chi connectivity index (χ4v) is 2.94. The van der Waals surface area contributed by atoms with Crippen molar-refractivity contribution in [3.63, 3.8) is 0 Å². The van der Waals surface area contributed by atoms with Crippen LogP contribution < -0.4 is 10.1 Å². The molecule has 0 saturated heterocycles. The van der Waals surface area contributed by atoms with Crippen molar-refractivity contribution >= 4 is 21.6 Å². The van der Waals surface area contributed by atoms with E-state index >= 15 is 0 Å². The zero-order chi connectivity index (χ0) is 13.7. The summed E-state index contributed by atoms with van der Waals surface area (Å²) in [7, 11) is 1.66. The van der Waals surface area contributed by atoms with Crippen molar-refractivity contribution in [1.82, 2.24) is 0 Å². The molecule has 4 heteroatoms. The molecule has 102 valence electrons. The van der Waals surface area contributed by atoms with E-state index in [9.17, 15) is 5.26 Å². The monoisotopic (exact) mass is 322 g/mol. The third kappa shape index (κ3) is 3.63. The minimum Gasteiger partial charge on any atom is -0.497 e. The second kappa shape index (κ2) is 6.81. The molecule has 1 aromatic carbocycles. The molecule has 1 aromatic rings. The molecule has 0 aliphatic heterocycles. The summed E-state index contributed by atoms with van der Waals surface area (Å²) in [5.41, 5.74) is 1.01. The SMILES string of the molecule is COc1ccc(Br)c(NC2CCCCCC2C#N)c1. The molecule has 2 rings (SSSR count). The van der Waals surface area contributed by atoms with Crippen molar-refractivity contribution in [2.24, 2.45) is 5.92 Å². The van der Waals surface area contributed by atoms with Crippen molar-refractivity contribution in [2.75, 3.05) is 12.4 Å². The van der Waals surface area contributed by atoms with Crippen LogP contribution in [0.2, 0.25) is 0 Å². The predicted octanol–water partition coefficient (Wildman–Crippen LogP) is 4.34. The summed E-state index contributed by atoms with van der Waals surface area (Å²) in [6.45, 7) is 0. The molecule has 2 unspecified atom stereocenters. The van der Waals surface area contributed by atoms with Gasteiger partial charge in [-0.1, -0.05) is 19.3 Å². The number of ether oxygens (including phenoxy) is 1. The molecule has 0 heterocycles. The van der Waals surface area contributed by atoms with Gasteiger partial charge in [0.15, 0.2) is 0 Å². The van der Waals surface area contributed by atoms with E-state index in [-0.39, 0.29) is 12.0 Å². The first-order valence-corrected chi connectivity index (χ1v) is 7.53. The highest BCUT2D eigenvalue weighted by atomic mass is 79.9. The van der Waals surface area contributed by atoms with Crippen LogP contribution in [0.25, 0.3) is 0 Å². The molecule has 1 fully saturated rings. The van der Waals surface area contributed by atoms with E-state index in [0.717, 1.165) is 35.2 Å². The van der Waals surface area contributed by atoms with Gasteiger partial charge in [0.2, 0.25) is 0 Å². The summed E-state index contributed by atoms with van der Waals surface area (Å²) in [6, 6.07) is 8.55. The van der Waals surface area contributed by atoms with E-state index in [1.165, 1.54) is 12.8 Å². The van der Waals surface area contributed by atoms with Gasteiger partial charge in [-0.2, -0.15) is 5.26 Å².